The average Bonchev–Trinajstić information content (AvgIpc) is 2.63. The van der Waals surface area contributed by atoms with E-state index >= 15 is 0 Å². The second-order valence-electron chi connectivity index (χ2n) is 3.19. The highest BCUT2D eigenvalue weighted by molar-refractivity contribution is 6.29. The Bertz CT molecular complexity index is 458. The predicted octanol–water partition coefficient (Wildman–Crippen LogP) is 2.32. The van der Waals surface area contributed by atoms with Gasteiger partial charge in [0.1, 0.15) is 5.15 Å². The highest BCUT2D eigenvalue weighted by Gasteiger charge is 2.09. The van der Waals surface area contributed by atoms with Gasteiger partial charge in [-0.3, -0.25) is 0 Å². The van der Waals surface area contributed by atoms with Gasteiger partial charge in [-0.1, -0.05) is 11.6 Å². The van der Waals surface area contributed by atoms with Gasteiger partial charge >= 0.3 is 0 Å². The quantitative estimate of drug-likeness (QED) is 0.733. The molecular formula is C10H11ClN4. The van der Waals surface area contributed by atoms with Crippen molar-refractivity contribution in [2.24, 2.45) is 0 Å². The zero-order valence-electron chi connectivity index (χ0n) is 8.61. The molecule has 0 aliphatic heterocycles. The molecular weight excluding hydrogens is 212 g/mol. The van der Waals surface area contributed by atoms with Crippen LogP contribution in [0.1, 0.15) is 12.6 Å². The third-order valence-electron chi connectivity index (χ3n) is 2.08. The maximum atomic E-state index is 5.87. The molecule has 0 aliphatic rings. The summed E-state index contributed by atoms with van der Waals surface area (Å²) < 4.78 is 1.98. The van der Waals surface area contributed by atoms with Crippen molar-refractivity contribution in [2.45, 2.75) is 20.4 Å². The van der Waals surface area contributed by atoms with E-state index in [0.29, 0.717) is 11.0 Å². The smallest absolute Gasteiger partial charge is 0.197 e. The molecule has 0 saturated heterocycles. The fourth-order valence-corrected chi connectivity index (χ4v) is 1.64. The van der Waals surface area contributed by atoms with Crippen LogP contribution in [0, 0.1) is 6.92 Å². The van der Waals surface area contributed by atoms with Crippen LogP contribution in [0.4, 0.5) is 0 Å². The summed E-state index contributed by atoms with van der Waals surface area (Å²) in [5.74, 6) is 1.33. The molecule has 0 radical (unpaired) electrons. The van der Waals surface area contributed by atoms with Gasteiger partial charge < -0.3 is 4.57 Å². The molecule has 0 N–H and O–H groups in total. The number of aromatic nitrogens is 4. The highest BCUT2D eigenvalue weighted by atomic mass is 35.5. The Balaban J connectivity index is 2.53. The lowest BCUT2D eigenvalue weighted by atomic mass is 10.4. The minimum atomic E-state index is 0.447. The van der Waals surface area contributed by atoms with Gasteiger partial charge in [-0.2, -0.15) is 0 Å². The lowest BCUT2D eigenvalue weighted by molar-refractivity contribution is 0.763. The number of imidazole rings is 1. The van der Waals surface area contributed by atoms with Crippen LogP contribution in [0.2, 0.25) is 5.15 Å². The summed E-state index contributed by atoms with van der Waals surface area (Å²) in [7, 11) is 0. The van der Waals surface area contributed by atoms with Gasteiger partial charge in [0.25, 0.3) is 0 Å². The second kappa shape index (κ2) is 3.98. The normalized spacial score (nSPS) is 10.6. The van der Waals surface area contributed by atoms with E-state index in [1.165, 1.54) is 0 Å². The van der Waals surface area contributed by atoms with E-state index in [9.17, 15) is 0 Å². The summed E-state index contributed by atoms with van der Waals surface area (Å²) in [6.07, 6.45) is 3.63. The first-order valence-corrected chi connectivity index (χ1v) is 5.11. The molecule has 2 aromatic rings. The maximum absolute atomic E-state index is 5.87. The van der Waals surface area contributed by atoms with Gasteiger partial charge in [-0.05, 0) is 19.9 Å². The number of aryl methyl sites for hydroxylation is 2. The van der Waals surface area contributed by atoms with Gasteiger partial charge in [0, 0.05) is 24.6 Å². The van der Waals surface area contributed by atoms with Crippen LogP contribution in [-0.2, 0) is 6.54 Å². The molecule has 15 heavy (non-hydrogen) atoms. The molecule has 0 saturated carbocycles. The molecule has 0 fully saturated rings. The Morgan fingerprint density at radius 3 is 2.87 bits per heavy atom. The van der Waals surface area contributed by atoms with Crippen molar-refractivity contribution in [1.29, 1.82) is 0 Å². The first-order chi connectivity index (χ1) is 7.20. The molecule has 2 aromatic heterocycles. The van der Waals surface area contributed by atoms with Crippen LogP contribution < -0.4 is 0 Å². The minimum absolute atomic E-state index is 0.447. The van der Waals surface area contributed by atoms with Crippen LogP contribution in [0.15, 0.2) is 18.5 Å². The average molecular weight is 223 g/mol. The molecule has 5 heteroatoms. The Morgan fingerprint density at radius 1 is 1.40 bits per heavy atom. The topological polar surface area (TPSA) is 43.6 Å². The Hall–Kier alpha value is -1.42. The van der Waals surface area contributed by atoms with Crippen molar-refractivity contribution < 1.29 is 0 Å². The van der Waals surface area contributed by atoms with Gasteiger partial charge in [-0.25, -0.2) is 15.0 Å². The summed E-state index contributed by atoms with van der Waals surface area (Å²) in [4.78, 5) is 12.7. The SMILES string of the molecule is CCn1ccnc1-c1nc(C)cc(Cl)n1. The lowest BCUT2D eigenvalue weighted by Gasteiger charge is -2.04. The van der Waals surface area contributed by atoms with Gasteiger partial charge in [0.15, 0.2) is 11.6 Å². The summed E-state index contributed by atoms with van der Waals surface area (Å²) in [5, 5.41) is 0.447. The summed E-state index contributed by atoms with van der Waals surface area (Å²) >= 11 is 5.87. The van der Waals surface area contributed by atoms with Gasteiger partial charge in [0.2, 0.25) is 0 Å². The van der Waals surface area contributed by atoms with Gasteiger partial charge in [-0.15, -0.1) is 0 Å². The number of hydrogen-bond acceptors (Lipinski definition) is 3. The van der Waals surface area contributed by atoms with Crippen LogP contribution in [-0.4, -0.2) is 19.5 Å². The van der Waals surface area contributed by atoms with E-state index in [-0.39, 0.29) is 0 Å². The van der Waals surface area contributed by atoms with E-state index < -0.39 is 0 Å². The Labute approximate surface area is 93.0 Å². The van der Waals surface area contributed by atoms with Crippen molar-refractivity contribution in [2.75, 3.05) is 0 Å². The third-order valence-corrected chi connectivity index (χ3v) is 2.27. The fourth-order valence-electron chi connectivity index (χ4n) is 1.40. The molecule has 0 spiro atoms. The molecule has 0 unspecified atom stereocenters. The minimum Gasteiger partial charge on any atom is -0.329 e. The molecule has 4 nitrogen and oxygen atoms in total. The summed E-state index contributed by atoms with van der Waals surface area (Å²) in [6, 6.07) is 1.73. The zero-order valence-corrected chi connectivity index (χ0v) is 9.36. The van der Waals surface area contributed by atoms with Crippen molar-refractivity contribution in [3.05, 3.63) is 29.3 Å². The molecule has 0 aromatic carbocycles. The molecule has 2 rings (SSSR count). The van der Waals surface area contributed by atoms with E-state index in [1.807, 2.05) is 24.6 Å². The largest absolute Gasteiger partial charge is 0.329 e. The second-order valence-corrected chi connectivity index (χ2v) is 3.58. The van der Waals surface area contributed by atoms with E-state index in [0.717, 1.165) is 18.1 Å². The molecule has 2 heterocycles. The van der Waals surface area contributed by atoms with Crippen LogP contribution in [0.25, 0.3) is 11.6 Å². The number of nitrogens with zero attached hydrogens (tertiary/aromatic N) is 4. The lowest BCUT2D eigenvalue weighted by Crippen LogP contribution is -2.01. The van der Waals surface area contributed by atoms with Crippen molar-refractivity contribution in [1.82, 2.24) is 19.5 Å². The standard InChI is InChI=1S/C10H11ClN4/c1-3-15-5-4-12-10(15)9-13-7(2)6-8(11)14-9/h4-6H,3H2,1-2H3. The molecule has 0 bridgehead atoms. The number of halogens is 1. The molecule has 0 aliphatic carbocycles. The number of hydrogen-bond donors (Lipinski definition) is 0. The third kappa shape index (κ3) is 1.99. The first-order valence-electron chi connectivity index (χ1n) is 4.73. The van der Waals surface area contributed by atoms with Crippen LogP contribution >= 0.6 is 11.6 Å². The monoisotopic (exact) mass is 222 g/mol. The van der Waals surface area contributed by atoms with E-state index in [1.54, 1.807) is 12.3 Å². The summed E-state index contributed by atoms with van der Waals surface area (Å²) in [6.45, 7) is 4.77. The van der Waals surface area contributed by atoms with E-state index in [4.69, 9.17) is 11.6 Å². The predicted molar refractivity (Wildman–Crippen MR) is 58.7 cm³/mol. The first kappa shape index (κ1) is 10.1. The van der Waals surface area contributed by atoms with Crippen LogP contribution in [0.3, 0.4) is 0 Å². The van der Waals surface area contributed by atoms with Crippen molar-refractivity contribution in [3.63, 3.8) is 0 Å². The molecule has 0 atom stereocenters. The van der Waals surface area contributed by atoms with E-state index in [2.05, 4.69) is 15.0 Å². The highest BCUT2D eigenvalue weighted by Crippen LogP contribution is 2.16. The molecule has 78 valence electrons. The van der Waals surface area contributed by atoms with Crippen LogP contribution in [0.5, 0.6) is 0 Å². The fraction of sp³-hybridized carbons (Fsp3) is 0.300. The molecule has 0 amide bonds. The number of rotatable bonds is 2. The Kier molecular flexibility index (Phi) is 2.68. The summed E-state index contributed by atoms with van der Waals surface area (Å²) in [5.41, 5.74) is 0.843. The Morgan fingerprint density at radius 2 is 2.20 bits per heavy atom. The van der Waals surface area contributed by atoms with Gasteiger partial charge in [0.05, 0.1) is 0 Å². The van der Waals surface area contributed by atoms with Crippen molar-refractivity contribution in [3.8, 4) is 11.6 Å². The van der Waals surface area contributed by atoms with Crippen molar-refractivity contribution >= 4 is 11.6 Å². The maximum Gasteiger partial charge on any atom is 0.197 e. The zero-order chi connectivity index (χ0) is 10.8.